The quantitative estimate of drug-likeness (QED) is 0.555. The molecule has 3 aromatic heterocycles. The molecule has 11 heteroatoms. The van der Waals surface area contributed by atoms with Gasteiger partial charge in [0, 0.05) is 17.1 Å². The van der Waals surface area contributed by atoms with Crippen molar-refractivity contribution in [1.29, 1.82) is 0 Å². The first-order chi connectivity index (χ1) is 13.4. The minimum atomic E-state index is -4.84. The maximum Gasteiger partial charge on any atom is 0.573 e. The van der Waals surface area contributed by atoms with E-state index in [-0.39, 0.29) is 17.0 Å². The summed E-state index contributed by atoms with van der Waals surface area (Å²) in [5, 5.41) is 9.00. The molecule has 0 bridgehead atoms. The number of carbonyl (C=O) groups is 1. The molecule has 7 nitrogen and oxygen atoms in total. The van der Waals surface area contributed by atoms with Crippen molar-refractivity contribution < 1.29 is 22.7 Å². The SMILES string of the molecule is O=C(Nc1nccs1)c1cnc2ccc(-c3ccccc3OC(F)(F)F)nn12. The molecule has 0 saturated heterocycles. The van der Waals surface area contributed by atoms with Gasteiger partial charge in [-0.25, -0.2) is 14.5 Å². The third-order valence-electron chi connectivity index (χ3n) is 3.64. The normalized spacial score (nSPS) is 11.5. The number of hydrogen-bond donors (Lipinski definition) is 1. The summed E-state index contributed by atoms with van der Waals surface area (Å²) in [5.41, 5.74) is 0.791. The number of anilines is 1. The summed E-state index contributed by atoms with van der Waals surface area (Å²) in [5.74, 6) is -0.886. The van der Waals surface area contributed by atoms with Crippen molar-refractivity contribution in [2.75, 3.05) is 5.32 Å². The Balaban J connectivity index is 1.74. The molecule has 4 aromatic rings. The van der Waals surface area contributed by atoms with Crippen LogP contribution < -0.4 is 10.1 Å². The number of hydrogen-bond acceptors (Lipinski definition) is 6. The maximum absolute atomic E-state index is 12.7. The van der Waals surface area contributed by atoms with Gasteiger partial charge in [0.25, 0.3) is 5.91 Å². The van der Waals surface area contributed by atoms with Gasteiger partial charge < -0.3 is 4.74 Å². The zero-order valence-corrected chi connectivity index (χ0v) is 14.7. The van der Waals surface area contributed by atoms with E-state index < -0.39 is 18.0 Å². The fourth-order valence-corrected chi connectivity index (χ4v) is 3.03. The number of halogens is 3. The molecule has 0 spiro atoms. The topological polar surface area (TPSA) is 81.4 Å². The molecule has 0 aliphatic carbocycles. The Bertz CT molecular complexity index is 1140. The number of rotatable bonds is 4. The largest absolute Gasteiger partial charge is 0.573 e. The van der Waals surface area contributed by atoms with E-state index in [2.05, 4.69) is 25.1 Å². The Morgan fingerprint density at radius 3 is 2.71 bits per heavy atom. The lowest BCUT2D eigenvalue weighted by Crippen LogP contribution is -2.18. The van der Waals surface area contributed by atoms with E-state index in [0.29, 0.717) is 10.8 Å². The molecule has 0 fully saturated rings. The molecular weight excluding hydrogens is 395 g/mol. The standard InChI is InChI=1S/C17H10F3N5O2S/c18-17(19,20)27-13-4-2-1-3-10(13)11-5-6-14-22-9-12(25(14)24-11)15(26)23-16-21-7-8-28-16/h1-9H,(H,21,23,26). The first kappa shape index (κ1) is 17.9. The Morgan fingerprint density at radius 2 is 1.96 bits per heavy atom. The number of nitrogens with zero attached hydrogens (tertiary/aromatic N) is 4. The van der Waals surface area contributed by atoms with E-state index in [0.717, 1.165) is 0 Å². The molecule has 0 aliphatic heterocycles. The van der Waals surface area contributed by atoms with Crippen LogP contribution in [0.3, 0.4) is 0 Å². The summed E-state index contributed by atoms with van der Waals surface area (Å²) in [7, 11) is 0. The number of ether oxygens (including phenoxy) is 1. The second-order valence-corrected chi connectivity index (χ2v) is 6.36. The number of thiazole rings is 1. The maximum atomic E-state index is 12.7. The first-order valence-electron chi connectivity index (χ1n) is 7.81. The summed E-state index contributed by atoms with van der Waals surface area (Å²) in [6.45, 7) is 0. The predicted molar refractivity (Wildman–Crippen MR) is 95.2 cm³/mol. The lowest BCUT2D eigenvalue weighted by Gasteiger charge is -2.13. The average molecular weight is 405 g/mol. The van der Waals surface area contributed by atoms with Crippen molar-refractivity contribution in [2.45, 2.75) is 6.36 Å². The van der Waals surface area contributed by atoms with Gasteiger partial charge in [-0.3, -0.25) is 10.1 Å². The van der Waals surface area contributed by atoms with Crippen LogP contribution in [-0.2, 0) is 0 Å². The van der Waals surface area contributed by atoms with Gasteiger partial charge in [-0.15, -0.1) is 24.5 Å². The molecule has 1 aromatic carbocycles. The fourth-order valence-electron chi connectivity index (χ4n) is 2.51. The van der Waals surface area contributed by atoms with Crippen LogP contribution in [0.15, 0.2) is 54.2 Å². The summed E-state index contributed by atoms with van der Waals surface area (Å²) in [4.78, 5) is 20.5. The number of nitrogens with one attached hydrogen (secondary N) is 1. The predicted octanol–water partition coefficient (Wildman–Crippen LogP) is 4.00. The van der Waals surface area contributed by atoms with Gasteiger partial charge in [0.05, 0.1) is 11.9 Å². The van der Waals surface area contributed by atoms with Gasteiger partial charge in [0.2, 0.25) is 0 Å². The second-order valence-electron chi connectivity index (χ2n) is 5.47. The van der Waals surface area contributed by atoms with E-state index in [4.69, 9.17) is 0 Å². The number of alkyl halides is 3. The molecule has 0 unspecified atom stereocenters. The van der Waals surface area contributed by atoms with Crippen LogP contribution in [0.4, 0.5) is 18.3 Å². The number of fused-ring (bicyclic) bond motifs is 1. The lowest BCUT2D eigenvalue weighted by atomic mass is 10.1. The highest BCUT2D eigenvalue weighted by Crippen LogP contribution is 2.32. The number of aromatic nitrogens is 4. The van der Waals surface area contributed by atoms with Gasteiger partial charge in [0.1, 0.15) is 5.75 Å². The van der Waals surface area contributed by atoms with Gasteiger partial charge in [-0.05, 0) is 24.3 Å². The highest BCUT2D eigenvalue weighted by atomic mass is 32.1. The van der Waals surface area contributed by atoms with Gasteiger partial charge in [0.15, 0.2) is 16.5 Å². The number of amides is 1. The van der Waals surface area contributed by atoms with Crippen molar-refractivity contribution in [1.82, 2.24) is 19.6 Å². The van der Waals surface area contributed by atoms with Crippen molar-refractivity contribution >= 4 is 28.0 Å². The first-order valence-corrected chi connectivity index (χ1v) is 8.69. The number of carbonyl (C=O) groups excluding carboxylic acids is 1. The summed E-state index contributed by atoms with van der Waals surface area (Å²) < 4.78 is 43.4. The van der Waals surface area contributed by atoms with Crippen LogP contribution in [0.2, 0.25) is 0 Å². The van der Waals surface area contributed by atoms with E-state index in [1.54, 1.807) is 23.7 Å². The van der Waals surface area contributed by atoms with Gasteiger partial charge in [-0.1, -0.05) is 12.1 Å². The van der Waals surface area contributed by atoms with Crippen LogP contribution in [0.25, 0.3) is 16.9 Å². The number of imidazole rings is 1. The highest BCUT2D eigenvalue weighted by molar-refractivity contribution is 7.13. The van der Waals surface area contributed by atoms with Crippen LogP contribution in [0.5, 0.6) is 5.75 Å². The number of benzene rings is 1. The molecule has 142 valence electrons. The lowest BCUT2D eigenvalue weighted by molar-refractivity contribution is -0.274. The molecule has 0 radical (unpaired) electrons. The Hall–Kier alpha value is -3.47. The zero-order valence-electron chi connectivity index (χ0n) is 13.8. The smallest absolute Gasteiger partial charge is 0.405 e. The van der Waals surface area contributed by atoms with Crippen molar-refractivity contribution in [3.8, 4) is 17.0 Å². The minimum absolute atomic E-state index is 0.112. The summed E-state index contributed by atoms with van der Waals surface area (Å²) in [6.07, 6.45) is -1.97. The van der Waals surface area contributed by atoms with Crippen molar-refractivity contribution in [3.63, 3.8) is 0 Å². The van der Waals surface area contributed by atoms with Crippen LogP contribution in [0.1, 0.15) is 10.5 Å². The third-order valence-corrected chi connectivity index (χ3v) is 4.32. The summed E-state index contributed by atoms with van der Waals surface area (Å²) in [6, 6.07) is 8.68. The highest BCUT2D eigenvalue weighted by Gasteiger charge is 2.32. The molecular formula is C17H10F3N5O2S. The molecule has 28 heavy (non-hydrogen) atoms. The van der Waals surface area contributed by atoms with Crippen LogP contribution in [0, 0.1) is 0 Å². The van der Waals surface area contributed by atoms with E-state index in [1.807, 2.05) is 0 Å². The van der Waals surface area contributed by atoms with E-state index in [1.165, 1.54) is 46.3 Å². The number of para-hydroxylation sites is 1. The molecule has 0 saturated carbocycles. The molecule has 0 aliphatic rings. The van der Waals surface area contributed by atoms with E-state index in [9.17, 15) is 18.0 Å². The minimum Gasteiger partial charge on any atom is -0.405 e. The monoisotopic (exact) mass is 405 g/mol. The van der Waals surface area contributed by atoms with Gasteiger partial charge >= 0.3 is 6.36 Å². The molecule has 3 heterocycles. The van der Waals surface area contributed by atoms with Crippen molar-refractivity contribution in [2.24, 2.45) is 0 Å². The average Bonchev–Trinajstić information content (AvgIpc) is 3.29. The molecule has 4 rings (SSSR count). The van der Waals surface area contributed by atoms with Gasteiger partial charge in [-0.2, -0.15) is 5.10 Å². The third kappa shape index (κ3) is 3.64. The second kappa shape index (κ2) is 6.93. The van der Waals surface area contributed by atoms with Crippen LogP contribution in [-0.4, -0.2) is 31.9 Å². The zero-order chi connectivity index (χ0) is 19.7. The molecule has 0 atom stereocenters. The Labute approximate surface area is 159 Å². The molecule has 1 N–H and O–H groups in total. The van der Waals surface area contributed by atoms with Crippen molar-refractivity contribution in [3.05, 3.63) is 59.9 Å². The van der Waals surface area contributed by atoms with Crippen LogP contribution >= 0.6 is 11.3 Å². The molecule has 1 amide bonds. The fraction of sp³-hybridized carbons (Fsp3) is 0.0588. The summed E-state index contributed by atoms with van der Waals surface area (Å²) >= 11 is 1.24. The Kier molecular flexibility index (Phi) is 4.43. The van der Waals surface area contributed by atoms with E-state index >= 15 is 0 Å². The Morgan fingerprint density at radius 1 is 1.14 bits per heavy atom.